The zero-order valence-corrected chi connectivity index (χ0v) is 14.7. The van der Waals surface area contributed by atoms with Crippen LogP contribution in [0.2, 0.25) is 5.02 Å². The molecule has 1 unspecified atom stereocenters. The van der Waals surface area contributed by atoms with E-state index >= 15 is 0 Å². The van der Waals surface area contributed by atoms with Crippen molar-refractivity contribution in [3.05, 3.63) is 58.8 Å². The van der Waals surface area contributed by atoms with Gasteiger partial charge in [-0.2, -0.15) is 0 Å². The van der Waals surface area contributed by atoms with Crippen LogP contribution in [-0.2, 0) is 6.54 Å². The number of amides is 2. The van der Waals surface area contributed by atoms with Crippen molar-refractivity contribution in [2.45, 2.75) is 12.6 Å². The summed E-state index contributed by atoms with van der Waals surface area (Å²) in [4.78, 5) is 15.6. The Labute approximate surface area is 146 Å². The molecule has 0 spiro atoms. The van der Waals surface area contributed by atoms with Gasteiger partial charge < -0.3 is 14.6 Å². The van der Waals surface area contributed by atoms with Crippen molar-refractivity contribution < 1.29 is 13.6 Å². The Kier molecular flexibility index (Phi) is 6.23. The summed E-state index contributed by atoms with van der Waals surface area (Å²) in [5, 5.41) is 3.13. The Bertz CT molecular complexity index is 656. The fourth-order valence-electron chi connectivity index (χ4n) is 2.33. The second kappa shape index (κ2) is 8.17. The second-order valence-corrected chi connectivity index (χ2v) is 6.14. The summed E-state index contributed by atoms with van der Waals surface area (Å²) in [6.07, 6.45) is 1.60. The van der Waals surface area contributed by atoms with E-state index in [4.69, 9.17) is 16.0 Å². The van der Waals surface area contributed by atoms with Crippen LogP contribution in [0, 0.1) is 5.82 Å². The first-order valence-corrected chi connectivity index (χ1v) is 7.89. The maximum Gasteiger partial charge on any atom is 0.317 e. The molecule has 0 bridgehead atoms. The lowest BCUT2D eigenvalue weighted by molar-refractivity contribution is 0.196. The van der Waals surface area contributed by atoms with Crippen LogP contribution < -0.4 is 5.32 Å². The number of carbonyl (C=O) groups excluding carboxylic acids is 1. The number of rotatable bonds is 6. The Morgan fingerprint density at radius 2 is 2.04 bits per heavy atom. The highest BCUT2D eigenvalue weighted by Crippen LogP contribution is 2.21. The summed E-state index contributed by atoms with van der Waals surface area (Å²) in [5.74, 6) is 0.337. The molecular weight excluding hydrogens is 333 g/mol. The Hall–Kier alpha value is -2.05. The molecule has 2 aromatic rings. The molecule has 0 aliphatic carbocycles. The average Bonchev–Trinajstić information content (AvgIpc) is 3.04. The van der Waals surface area contributed by atoms with Crippen LogP contribution in [0.3, 0.4) is 0 Å². The summed E-state index contributed by atoms with van der Waals surface area (Å²) < 4.78 is 19.2. The topological polar surface area (TPSA) is 48.7 Å². The minimum absolute atomic E-state index is 0.0880. The van der Waals surface area contributed by atoms with Crippen molar-refractivity contribution in [2.75, 3.05) is 27.7 Å². The lowest BCUT2D eigenvalue weighted by atomic mass is 10.2. The molecule has 2 rings (SSSR count). The van der Waals surface area contributed by atoms with E-state index in [1.165, 1.54) is 17.0 Å². The number of hydrogen-bond donors (Lipinski definition) is 1. The van der Waals surface area contributed by atoms with Crippen molar-refractivity contribution in [1.29, 1.82) is 0 Å². The van der Waals surface area contributed by atoms with Crippen LogP contribution in [0.4, 0.5) is 9.18 Å². The quantitative estimate of drug-likeness (QED) is 0.864. The number of nitrogens with zero attached hydrogens (tertiary/aromatic N) is 2. The van der Waals surface area contributed by atoms with Gasteiger partial charge >= 0.3 is 6.03 Å². The Morgan fingerprint density at radius 1 is 1.29 bits per heavy atom. The van der Waals surface area contributed by atoms with Gasteiger partial charge in [0.1, 0.15) is 11.6 Å². The van der Waals surface area contributed by atoms with Crippen molar-refractivity contribution in [1.82, 2.24) is 15.1 Å². The number of hydrogen-bond acceptors (Lipinski definition) is 3. The maximum absolute atomic E-state index is 13.8. The fraction of sp³-hybridized carbons (Fsp3) is 0.353. The third kappa shape index (κ3) is 4.49. The van der Waals surface area contributed by atoms with Crippen molar-refractivity contribution in [3.63, 3.8) is 0 Å². The molecule has 24 heavy (non-hydrogen) atoms. The fourth-order valence-corrected chi connectivity index (χ4v) is 2.55. The standard InChI is InChI=1S/C17H21ClFN3O2/c1-21(2)15(16-8-5-9-24-16)10-20-17(23)22(3)11-12-13(18)6-4-7-14(12)19/h4-9,15H,10-11H2,1-3H3,(H,20,23). The molecule has 2 amide bonds. The van der Waals surface area contributed by atoms with Gasteiger partial charge in [0.2, 0.25) is 0 Å². The van der Waals surface area contributed by atoms with E-state index in [2.05, 4.69) is 5.32 Å². The molecule has 1 atom stereocenters. The smallest absolute Gasteiger partial charge is 0.317 e. The van der Waals surface area contributed by atoms with E-state index in [0.29, 0.717) is 17.1 Å². The lowest BCUT2D eigenvalue weighted by Gasteiger charge is -2.25. The van der Waals surface area contributed by atoms with Gasteiger partial charge in [0.25, 0.3) is 0 Å². The number of halogens is 2. The van der Waals surface area contributed by atoms with Gasteiger partial charge in [0.15, 0.2) is 0 Å². The van der Waals surface area contributed by atoms with E-state index in [-0.39, 0.29) is 18.6 Å². The second-order valence-electron chi connectivity index (χ2n) is 5.74. The third-order valence-electron chi connectivity index (χ3n) is 3.75. The van der Waals surface area contributed by atoms with Gasteiger partial charge in [-0.3, -0.25) is 4.90 Å². The van der Waals surface area contributed by atoms with E-state index < -0.39 is 5.82 Å². The number of nitrogens with one attached hydrogen (secondary N) is 1. The highest BCUT2D eigenvalue weighted by atomic mass is 35.5. The number of furan rings is 1. The number of carbonyl (C=O) groups is 1. The molecule has 1 aromatic heterocycles. The van der Waals surface area contributed by atoms with Gasteiger partial charge in [-0.25, -0.2) is 9.18 Å². The first-order chi connectivity index (χ1) is 11.4. The lowest BCUT2D eigenvalue weighted by Crippen LogP contribution is -2.41. The predicted octanol–water partition coefficient (Wildman–Crippen LogP) is 3.52. The zero-order valence-electron chi connectivity index (χ0n) is 13.9. The number of likely N-dealkylation sites (N-methyl/N-ethyl adjacent to an activating group) is 1. The van der Waals surface area contributed by atoms with Crippen LogP contribution in [0.5, 0.6) is 0 Å². The van der Waals surface area contributed by atoms with E-state index in [9.17, 15) is 9.18 Å². The van der Waals surface area contributed by atoms with Gasteiger partial charge in [-0.15, -0.1) is 0 Å². The predicted molar refractivity (Wildman–Crippen MR) is 91.4 cm³/mol. The first kappa shape index (κ1) is 18.3. The van der Waals surface area contributed by atoms with Gasteiger partial charge in [0, 0.05) is 24.2 Å². The molecule has 0 fully saturated rings. The molecule has 130 valence electrons. The van der Waals surface area contributed by atoms with Crippen LogP contribution in [-0.4, -0.2) is 43.5 Å². The highest BCUT2D eigenvalue weighted by molar-refractivity contribution is 6.31. The third-order valence-corrected chi connectivity index (χ3v) is 4.10. The van der Waals surface area contributed by atoms with E-state index in [1.807, 2.05) is 25.1 Å². The summed E-state index contributed by atoms with van der Waals surface area (Å²) in [6, 6.07) is 7.73. The molecule has 0 radical (unpaired) electrons. The molecule has 7 heteroatoms. The molecular formula is C17H21ClFN3O2. The molecule has 0 saturated carbocycles. The van der Waals surface area contributed by atoms with Crippen molar-refractivity contribution in [3.8, 4) is 0 Å². The van der Waals surface area contributed by atoms with Crippen LogP contribution in [0.25, 0.3) is 0 Å². The SMILES string of the molecule is CN(Cc1c(F)cccc1Cl)C(=O)NCC(c1ccco1)N(C)C. The Morgan fingerprint density at radius 3 is 2.62 bits per heavy atom. The molecule has 1 heterocycles. The minimum atomic E-state index is -0.427. The number of benzene rings is 1. The molecule has 5 nitrogen and oxygen atoms in total. The van der Waals surface area contributed by atoms with Crippen LogP contribution >= 0.6 is 11.6 Å². The Balaban J connectivity index is 1.96. The van der Waals surface area contributed by atoms with Crippen molar-refractivity contribution in [2.24, 2.45) is 0 Å². The summed E-state index contributed by atoms with van der Waals surface area (Å²) in [5.41, 5.74) is 0.298. The molecule has 0 aliphatic heterocycles. The highest BCUT2D eigenvalue weighted by Gasteiger charge is 2.20. The van der Waals surface area contributed by atoms with Gasteiger partial charge in [0.05, 0.1) is 18.8 Å². The molecule has 0 aliphatic rings. The van der Waals surface area contributed by atoms with Crippen LogP contribution in [0.1, 0.15) is 17.4 Å². The monoisotopic (exact) mass is 353 g/mol. The normalized spacial score (nSPS) is 12.2. The average molecular weight is 354 g/mol. The number of urea groups is 1. The molecule has 1 N–H and O–H groups in total. The maximum atomic E-state index is 13.8. The van der Waals surface area contributed by atoms with Gasteiger partial charge in [-0.1, -0.05) is 17.7 Å². The van der Waals surface area contributed by atoms with Crippen molar-refractivity contribution >= 4 is 17.6 Å². The summed E-state index contributed by atoms with van der Waals surface area (Å²) >= 11 is 6.00. The van der Waals surface area contributed by atoms with Crippen LogP contribution in [0.15, 0.2) is 41.0 Å². The molecule has 1 aromatic carbocycles. The summed E-state index contributed by atoms with van der Waals surface area (Å²) in [7, 11) is 5.40. The zero-order chi connectivity index (χ0) is 17.7. The molecule has 0 saturated heterocycles. The minimum Gasteiger partial charge on any atom is -0.468 e. The van der Waals surface area contributed by atoms with Gasteiger partial charge in [-0.05, 0) is 38.4 Å². The largest absolute Gasteiger partial charge is 0.468 e. The van der Waals surface area contributed by atoms with E-state index in [0.717, 1.165) is 5.76 Å². The first-order valence-electron chi connectivity index (χ1n) is 7.51. The summed E-state index contributed by atoms with van der Waals surface area (Å²) in [6.45, 7) is 0.458. The van der Waals surface area contributed by atoms with E-state index in [1.54, 1.807) is 25.4 Å².